The van der Waals surface area contributed by atoms with Crippen LogP contribution in [0.4, 0.5) is 22.0 Å². The molecule has 94 valence electrons. The van der Waals surface area contributed by atoms with Crippen LogP contribution >= 0.6 is 22.6 Å². The quantitative estimate of drug-likeness (QED) is 0.468. The summed E-state index contributed by atoms with van der Waals surface area (Å²) in [5.74, 6) is -1.26. The first kappa shape index (κ1) is 14.1. The highest BCUT2D eigenvalue weighted by Crippen LogP contribution is 2.37. The molecule has 0 radical (unpaired) electrons. The van der Waals surface area contributed by atoms with E-state index in [1.165, 1.54) is 22.6 Å². The van der Waals surface area contributed by atoms with Crippen LogP contribution in [0.25, 0.3) is 0 Å². The number of rotatable bonds is 3. The Labute approximate surface area is 105 Å². The number of pyridine rings is 1. The summed E-state index contributed by atoms with van der Waals surface area (Å²) in [7, 11) is 0. The lowest BCUT2D eigenvalue weighted by molar-refractivity contribution is -0.275. The average molecular weight is 367 g/mol. The van der Waals surface area contributed by atoms with Crippen molar-refractivity contribution in [3.05, 3.63) is 21.0 Å². The molecule has 9 heteroatoms. The molecule has 17 heavy (non-hydrogen) atoms. The minimum atomic E-state index is -5.17. The summed E-state index contributed by atoms with van der Waals surface area (Å²) in [4.78, 5) is 13.7. The fourth-order valence-electron chi connectivity index (χ4n) is 1.01. The second-order valence-corrected chi connectivity index (χ2v) is 3.86. The zero-order valence-electron chi connectivity index (χ0n) is 7.76. The number of aromatic nitrogens is 1. The number of hydrogen-bond donors (Lipinski definition) is 0. The van der Waals surface area contributed by atoms with E-state index < -0.39 is 29.8 Å². The van der Waals surface area contributed by atoms with Crippen molar-refractivity contribution in [2.75, 3.05) is 0 Å². The molecule has 1 heterocycles. The van der Waals surface area contributed by atoms with Crippen molar-refractivity contribution in [2.45, 2.75) is 12.8 Å². The largest absolute Gasteiger partial charge is 0.573 e. The summed E-state index contributed by atoms with van der Waals surface area (Å²) in [5, 5.41) is 0. The van der Waals surface area contributed by atoms with Gasteiger partial charge in [0, 0.05) is 9.77 Å². The summed E-state index contributed by atoms with van der Waals surface area (Å²) in [6.45, 7) is 0. The number of hydrogen-bond acceptors (Lipinski definition) is 3. The van der Waals surface area contributed by atoms with Crippen LogP contribution in [0.5, 0.6) is 5.75 Å². The van der Waals surface area contributed by atoms with Crippen molar-refractivity contribution in [2.24, 2.45) is 0 Å². The fraction of sp³-hybridized carbons (Fsp3) is 0.250. The highest BCUT2D eigenvalue weighted by molar-refractivity contribution is 14.1. The summed E-state index contributed by atoms with van der Waals surface area (Å²) < 4.78 is 64.4. The molecule has 1 rings (SSSR count). The Morgan fingerprint density at radius 3 is 2.41 bits per heavy atom. The van der Waals surface area contributed by atoms with Crippen molar-refractivity contribution >= 4 is 28.9 Å². The molecule has 3 nitrogen and oxygen atoms in total. The maximum absolute atomic E-state index is 12.6. The van der Waals surface area contributed by atoms with Gasteiger partial charge in [-0.3, -0.25) is 4.79 Å². The minimum Gasteiger partial charge on any atom is -0.403 e. The van der Waals surface area contributed by atoms with Crippen molar-refractivity contribution in [3.63, 3.8) is 0 Å². The van der Waals surface area contributed by atoms with E-state index in [9.17, 15) is 26.7 Å². The number of nitrogens with zero attached hydrogens (tertiary/aromatic N) is 1. The monoisotopic (exact) mass is 367 g/mol. The molecular formula is C8H3F5INO2. The van der Waals surface area contributed by atoms with E-state index in [4.69, 9.17) is 0 Å². The van der Waals surface area contributed by atoms with Gasteiger partial charge >= 0.3 is 6.36 Å². The first-order valence-electron chi connectivity index (χ1n) is 3.93. The van der Waals surface area contributed by atoms with Crippen LogP contribution in [0.15, 0.2) is 6.20 Å². The SMILES string of the molecule is O=Cc1ncc(I)c(C(F)F)c1OC(F)(F)F. The molecule has 0 bridgehead atoms. The van der Waals surface area contributed by atoms with Crippen molar-refractivity contribution < 1.29 is 31.5 Å². The number of aldehydes is 1. The van der Waals surface area contributed by atoms with Crippen LogP contribution < -0.4 is 4.74 Å². The maximum Gasteiger partial charge on any atom is 0.573 e. The van der Waals surface area contributed by atoms with Gasteiger partial charge in [-0.25, -0.2) is 13.8 Å². The number of carbonyl (C=O) groups excluding carboxylic acids is 1. The Kier molecular flexibility index (Phi) is 4.22. The van der Waals surface area contributed by atoms with Crippen LogP contribution in [0.3, 0.4) is 0 Å². The summed E-state index contributed by atoms with van der Waals surface area (Å²) in [6.07, 6.45) is -7.59. The average Bonchev–Trinajstić information content (AvgIpc) is 2.15. The lowest BCUT2D eigenvalue weighted by atomic mass is 10.2. The Balaban J connectivity index is 3.40. The topological polar surface area (TPSA) is 39.2 Å². The van der Waals surface area contributed by atoms with Gasteiger partial charge in [0.15, 0.2) is 12.0 Å². The van der Waals surface area contributed by atoms with Gasteiger partial charge in [0.1, 0.15) is 5.69 Å². The van der Waals surface area contributed by atoms with Gasteiger partial charge in [-0.15, -0.1) is 13.2 Å². The first-order valence-corrected chi connectivity index (χ1v) is 5.01. The molecule has 0 aliphatic rings. The molecule has 1 aromatic heterocycles. The second kappa shape index (κ2) is 5.10. The Morgan fingerprint density at radius 2 is 2.00 bits per heavy atom. The van der Waals surface area contributed by atoms with E-state index in [-0.39, 0.29) is 9.86 Å². The van der Waals surface area contributed by atoms with Crippen molar-refractivity contribution in [1.82, 2.24) is 4.98 Å². The number of halogens is 6. The molecule has 0 spiro atoms. The summed E-state index contributed by atoms with van der Waals surface area (Å²) in [5.41, 5.74) is -1.82. The van der Waals surface area contributed by atoms with Gasteiger partial charge in [0.05, 0.1) is 5.56 Å². The van der Waals surface area contributed by atoms with E-state index in [1.807, 2.05) is 0 Å². The van der Waals surface area contributed by atoms with E-state index >= 15 is 0 Å². The summed E-state index contributed by atoms with van der Waals surface area (Å²) in [6, 6.07) is 0. The normalized spacial score (nSPS) is 11.7. The van der Waals surface area contributed by atoms with Gasteiger partial charge in [-0.05, 0) is 22.6 Å². The standard InChI is InChI=1S/C8H3F5INO2/c9-7(10)5-3(14)1-15-4(2-16)6(5)17-8(11,12)13/h1-2,7H. The predicted molar refractivity (Wildman–Crippen MR) is 54.0 cm³/mol. The molecule has 0 aliphatic heterocycles. The number of alkyl halides is 5. The van der Waals surface area contributed by atoms with Gasteiger partial charge in [0.2, 0.25) is 0 Å². The molecule has 0 aromatic carbocycles. The lowest BCUT2D eigenvalue weighted by Crippen LogP contribution is -2.20. The van der Waals surface area contributed by atoms with E-state index in [2.05, 4.69) is 9.72 Å². The lowest BCUT2D eigenvalue weighted by Gasteiger charge is -2.15. The molecule has 0 atom stereocenters. The van der Waals surface area contributed by atoms with Crippen LogP contribution in [0.2, 0.25) is 0 Å². The van der Waals surface area contributed by atoms with Gasteiger partial charge < -0.3 is 4.74 Å². The van der Waals surface area contributed by atoms with Crippen LogP contribution in [0, 0.1) is 3.57 Å². The van der Waals surface area contributed by atoms with Gasteiger partial charge in [-0.2, -0.15) is 0 Å². The predicted octanol–water partition coefficient (Wildman–Crippen LogP) is 3.33. The highest BCUT2D eigenvalue weighted by atomic mass is 127. The molecule has 0 fully saturated rings. The number of carbonyl (C=O) groups is 1. The highest BCUT2D eigenvalue weighted by Gasteiger charge is 2.35. The summed E-state index contributed by atoms with van der Waals surface area (Å²) >= 11 is 1.38. The zero-order chi connectivity index (χ0) is 13.2. The van der Waals surface area contributed by atoms with Crippen LogP contribution in [-0.4, -0.2) is 17.6 Å². The molecular weight excluding hydrogens is 364 g/mol. The Bertz CT molecular complexity index is 435. The molecule has 0 saturated carbocycles. The molecule has 0 unspecified atom stereocenters. The molecule has 1 aromatic rings. The number of ether oxygens (including phenoxy) is 1. The third-order valence-corrected chi connectivity index (χ3v) is 2.46. The fourth-order valence-corrected chi connectivity index (χ4v) is 1.63. The van der Waals surface area contributed by atoms with Crippen molar-refractivity contribution in [1.29, 1.82) is 0 Å². The third kappa shape index (κ3) is 3.48. The van der Waals surface area contributed by atoms with E-state index in [0.29, 0.717) is 0 Å². The molecule has 0 saturated heterocycles. The van der Waals surface area contributed by atoms with Crippen LogP contribution in [-0.2, 0) is 0 Å². The van der Waals surface area contributed by atoms with Crippen molar-refractivity contribution in [3.8, 4) is 5.75 Å². The smallest absolute Gasteiger partial charge is 0.403 e. The molecule has 0 N–H and O–H groups in total. The minimum absolute atomic E-state index is 0.0803. The third-order valence-electron chi connectivity index (χ3n) is 1.60. The Hall–Kier alpha value is -1.00. The van der Waals surface area contributed by atoms with Gasteiger partial charge in [0.25, 0.3) is 6.43 Å². The molecule has 0 aliphatic carbocycles. The van der Waals surface area contributed by atoms with E-state index in [1.54, 1.807) is 0 Å². The Morgan fingerprint density at radius 1 is 1.41 bits per heavy atom. The first-order chi connectivity index (χ1) is 7.76. The van der Waals surface area contributed by atoms with Gasteiger partial charge in [-0.1, -0.05) is 0 Å². The zero-order valence-corrected chi connectivity index (χ0v) is 9.92. The second-order valence-electron chi connectivity index (χ2n) is 2.70. The van der Waals surface area contributed by atoms with E-state index in [0.717, 1.165) is 6.20 Å². The van der Waals surface area contributed by atoms with Crippen LogP contribution in [0.1, 0.15) is 22.5 Å². The molecule has 0 amide bonds. The maximum atomic E-state index is 12.6.